The van der Waals surface area contributed by atoms with Gasteiger partial charge in [-0.1, -0.05) is 157 Å². The van der Waals surface area contributed by atoms with Crippen molar-refractivity contribution in [2.75, 3.05) is 9.80 Å². The molecular weight excluding hydrogens is 952 g/mol. The minimum absolute atomic E-state index is 0. The van der Waals surface area contributed by atoms with Crippen LogP contribution in [0.1, 0.15) is 125 Å². The van der Waals surface area contributed by atoms with Gasteiger partial charge in [0.1, 0.15) is 5.82 Å². The molecule has 6 heteroatoms. The first-order valence-electron chi connectivity index (χ1n) is 22.0. The van der Waals surface area contributed by atoms with Crippen LogP contribution in [-0.2, 0) is 42.7 Å². The van der Waals surface area contributed by atoms with Gasteiger partial charge in [0.2, 0.25) is 0 Å². The summed E-state index contributed by atoms with van der Waals surface area (Å²) in [5.74, 6) is 2.11. The second-order valence-electron chi connectivity index (χ2n) is 21.7. The van der Waals surface area contributed by atoms with Gasteiger partial charge < -0.3 is 19.1 Å². The van der Waals surface area contributed by atoms with E-state index >= 15 is 0 Å². The van der Waals surface area contributed by atoms with Crippen molar-refractivity contribution >= 4 is 33.2 Å². The van der Waals surface area contributed by atoms with Crippen LogP contribution in [0.3, 0.4) is 0 Å². The van der Waals surface area contributed by atoms with Crippen molar-refractivity contribution in [2.45, 2.75) is 119 Å². The normalized spacial score (nSPS) is 14.0. The van der Waals surface area contributed by atoms with E-state index in [4.69, 9.17) is 9.72 Å². The van der Waals surface area contributed by atoms with Gasteiger partial charge in [0, 0.05) is 66.5 Å². The van der Waals surface area contributed by atoms with E-state index in [1.807, 2.05) is 12.3 Å². The number of ether oxygens (including phenoxy) is 1. The van der Waals surface area contributed by atoms with Crippen LogP contribution in [0.25, 0.3) is 27.6 Å². The number of hydrogen-bond donors (Lipinski definition) is 0. The zero-order valence-electron chi connectivity index (χ0n) is 39.6. The molecule has 8 rings (SSSR count). The van der Waals surface area contributed by atoms with Gasteiger partial charge in [-0.15, -0.1) is 53.6 Å². The summed E-state index contributed by atoms with van der Waals surface area (Å²) >= 11 is 0. The molecule has 0 bridgehead atoms. The average molecular weight is 1020 g/mol. The summed E-state index contributed by atoms with van der Waals surface area (Å²) in [5, 5.41) is 2.25. The Morgan fingerprint density at radius 1 is 0.540 bits per heavy atom. The Hall–Kier alpha value is -5.12. The molecule has 330 valence electrons. The van der Waals surface area contributed by atoms with Gasteiger partial charge in [-0.05, 0) is 80.4 Å². The first kappa shape index (κ1) is 45.9. The standard InChI is InChI=1S/C57H63N4O.Pt/c1-53(2,3)39-21-18-22-43(29-39)60-37-59(36-51(60)56(10,11)12)44-30-42(55(7,8)9)31-46(34-44)62-45-24-25-47-48-32-41(57(13,14)38-19-16-15-17-20-38)23-26-49(48)61(50(47)35-45)52-33-40(27-28-58-52)54(4,5)6;/h15-33,36-37H,1-14H3;/q-3;. The Balaban J connectivity index is 0.00000595. The number of pyridine rings is 1. The summed E-state index contributed by atoms with van der Waals surface area (Å²) in [5.41, 5.74) is 11.0. The third-order valence-electron chi connectivity index (χ3n) is 12.4. The zero-order chi connectivity index (χ0) is 44.6. The van der Waals surface area contributed by atoms with Crippen molar-refractivity contribution in [1.82, 2.24) is 9.55 Å². The Morgan fingerprint density at radius 3 is 1.87 bits per heavy atom. The minimum Gasteiger partial charge on any atom is -0.509 e. The van der Waals surface area contributed by atoms with Gasteiger partial charge >= 0.3 is 0 Å². The van der Waals surface area contributed by atoms with Gasteiger partial charge in [-0.3, -0.25) is 0 Å². The molecule has 0 saturated carbocycles. The molecule has 0 amide bonds. The molecule has 5 aromatic carbocycles. The molecule has 0 radical (unpaired) electrons. The van der Waals surface area contributed by atoms with Gasteiger partial charge in [0.25, 0.3) is 0 Å². The summed E-state index contributed by atoms with van der Waals surface area (Å²) in [4.78, 5) is 9.48. The number of benzene rings is 5. The van der Waals surface area contributed by atoms with E-state index in [9.17, 15) is 0 Å². The quantitative estimate of drug-likeness (QED) is 0.149. The smallest absolute Gasteiger partial charge is 0.135 e. The summed E-state index contributed by atoms with van der Waals surface area (Å²) in [6.07, 6.45) is 4.17. The molecule has 0 N–H and O–H groups in total. The first-order valence-corrected chi connectivity index (χ1v) is 22.0. The molecule has 5 nitrogen and oxygen atoms in total. The van der Waals surface area contributed by atoms with E-state index < -0.39 is 0 Å². The predicted molar refractivity (Wildman–Crippen MR) is 261 cm³/mol. The summed E-state index contributed by atoms with van der Waals surface area (Å²) < 4.78 is 9.11. The van der Waals surface area contributed by atoms with E-state index in [0.29, 0.717) is 11.5 Å². The topological polar surface area (TPSA) is 33.5 Å². The third kappa shape index (κ3) is 9.14. The monoisotopic (exact) mass is 1010 g/mol. The maximum atomic E-state index is 6.86. The third-order valence-corrected chi connectivity index (χ3v) is 12.4. The van der Waals surface area contributed by atoms with E-state index in [1.165, 1.54) is 28.0 Å². The van der Waals surface area contributed by atoms with Crippen molar-refractivity contribution in [3.63, 3.8) is 0 Å². The molecular formula is C57H63N4OPt-3. The van der Waals surface area contributed by atoms with Crippen LogP contribution in [0.4, 0.5) is 11.4 Å². The number of fused-ring (bicyclic) bond motifs is 3. The molecule has 1 aliphatic heterocycles. The Morgan fingerprint density at radius 2 is 1.21 bits per heavy atom. The minimum atomic E-state index is -0.199. The van der Waals surface area contributed by atoms with Crippen LogP contribution in [0, 0.1) is 24.2 Å². The van der Waals surface area contributed by atoms with Gasteiger partial charge in [-0.25, -0.2) is 4.98 Å². The number of nitrogens with zero attached hydrogens (tertiary/aromatic N) is 4. The number of allylic oxidation sites excluding steroid dienone is 1. The molecule has 0 aliphatic carbocycles. The summed E-state index contributed by atoms with van der Waals surface area (Å²) in [7, 11) is 0. The van der Waals surface area contributed by atoms with Crippen LogP contribution in [0.5, 0.6) is 11.5 Å². The Labute approximate surface area is 391 Å². The zero-order valence-corrected chi connectivity index (χ0v) is 41.9. The van der Waals surface area contributed by atoms with Crippen molar-refractivity contribution in [3.8, 4) is 17.3 Å². The van der Waals surface area contributed by atoms with Crippen LogP contribution < -0.4 is 14.5 Å². The van der Waals surface area contributed by atoms with E-state index in [2.05, 4.69) is 239 Å². The predicted octanol–water partition coefficient (Wildman–Crippen LogP) is 15.1. The molecule has 0 spiro atoms. The van der Waals surface area contributed by atoms with Gasteiger partial charge in [0.05, 0.1) is 0 Å². The molecule has 0 atom stereocenters. The number of anilines is 2. The molecule has 2 aromatic heterocycles. The molecule has 1 aliphatic rings. The average Bonchev–Trinajstić information content (AvgIpc) is 3.81. The number of aromatic nitrogens is 2. The molecule has 3 heterocycles. The second-order valence-corrected chi connectivity index (χ2v) is 21.7. The van der Waals surface area contributed by atoms with E-state index in [1.54, 1.807) is 0 Å². The maximum Gasteiger partial charge on any atom is 0.135 e. The van der Waals surface area contributed by atoms with E-state index in [-0.39, 0.29) is 48.1 Å². The molecule has 0 unspecified atom stereocenters. The van der Waals surface area contributed by atoms with Crippen molar-refractivity contribution in [1.29, 1.82) is 0 Å². The van der Waals surface area contributed by atoms with Crippen molar-refractivity contribution in [3.05, 3.63) is 174 Å². The van der Waals surface area contributed by atoms with Crippen molar-refractivity contribution < 1.29 is 25.8 Å². The number of hydrogen-bond acceptors (Lipinski definition) is 4. The second kappa shape index (κ2) is 16.5. The molecule has 7 aromatic rings. The van der Waals surface area contributed by atoms with Crippen molar-refractivity contribution in [2.24, 2.45) is 5.41 Å². The molecule has 63 heavy (non-hydrogen) atoms. The van der Waals surface area contributed by atoms with Crippen LogP contribution in [0.15, 0.2) is 127 Å². The largest absolute Gasteiger partial charge is 0.509 e. The summed E-state index contributed by atoms with van der Waals surface area (Å²) in [6.45, 7) is 33.8. The van der Waals surface area contributed by atoms with Gasteiger partial charge in [0.15, 0.2) is 0 Å². The SMILES string of the molecule is CC(C)(C)C1=CN(c2[c-]c(Oc3[c-]c4c(cc3)c3cc(C(C)(C)c5ccccc5)ccc3n4-c3cc(C(C)(C)C)ccn3)cc(C(C)(C)C)c2)[CH-]N1c1cccc(C(C)(C)C)c1.[Pt]. The van der Waals surface area contributed by atoms with Crippen LogP contribution in [-0.4, -0.2) is 9.55 Å². The molecule has 0 fully saturated rings. The fourth-order valence-corrected chi connectivity index (χ4v) is 8.34. The number of rotatable bonds is 7. The van der Waals surface area contributed by atoms with Crippen LogP contribution >= 0.6 is 0 Å². The molecule has 0 saturated heterocycles. The Bertz CT molecular complexity index is 2820. The summed E-state index contributed by atoms with van der Waals surface area (Å²) in [6, 6.07) is 46.8. The fraction of sp³-hybridized carbons (Fsp3) is 0.333. The van der Waals surface area contributed by atoms with E-state index in [0.717, 1.165) is 44.6 Å². The maximum absolute atomic E-state index is 6.86. The fourth-order valence-electron chi connectivity index (χ4n) is 8.34. The Kier molecular flexibility index (Phi) is 12.0. The first-order chi connectivity index (χ1) is 29.0. The van der Waals surface area contributed by atoms with Crippen LogP contribution in [0.2, 0.25) is 0 Å². The van der Waals surface area contributed by atoms with Gasteiger partial charge in [-0.2, -0.15) is 6.07 Å².